The minimum Gasteiger partial charge on any atom is -0.506 e. The molecule has 0 saturated heterocycles. The van der Waals surface area contributed by atoms with Gasteiger partial charge in [0.15, 0.2) is 0 Å². The van der Waals surface area contributed by atoms with Gasteiger partial charge >= 0.3 is 0 Å². The Balaban J connectivity index is 1.88. The Morgan fingerprint density at radius 1 is 1.14 bits per heavy atom. The molecule has 0 fully saturated rings. The topological polar surface area (TPSA) is 137 Å². The predicted molar refractivity (Wildman–Crippen MR) is 141 cm³/mol. The first kappa shape index (κ1) is 27.0. The van der Waals surface area contributed by atoms with Crippen LogP contribution in [0, 0.1) is 15.9 Å². The van der Waals surface area contributed by atoms with E-state index < -0.39 is 22.6 Å². The third-order valence-corrected chi connectivity index (χ3v) is 5.56. The van der Waals surface area contributed by atoms with Crippen LogP contribution in [0.2, 0.25) is 0 Å². The number of hydrogen-bond acceptors (Lipinski definition) is 7. The highest BCUT2D eigenvalue weighted by Gasteiger charge is 2.16. The van der Waals surface area contributed by atoms with Crippen LogP contribution in [-0.4, -0.2) is 42.2 Å². The summed E-state index contributed by atoms with van der Waals surface area (Å²) in [7, 11) is 3.75. The van der Waals surface area contributed by atoms with Crippen molar-refractivity contribution in [3.63, 3.8) is 0 Å². The summed E-state index contributed by atoms with van der Waals surface area (Å²) in [5, 5.41) is 27.4. The molecule has 0 heterocycles. The van der Waals surface area contributed by atoms with Crippen molar-refractivity contribution < 1.29 is 24.0 Å². The highest BCUT2D eigenvalue weighted by molar-refractivity contribution is 9.10. The molecule has 0 spiro atoms. The third kappa shape index (κ3) is 7.21. The number of aromatic hydroxyl groups is 1. The fourth-order valence-corrected chi connectivity index (χ4v) is 3.51. The monoisotopic (exact) mass is 569 g/mol. The number of halogens is 2. The average Bonchev–Trinajstić information content (AvgIpc) is 2.86. The molecule has 3 N–H and O–H groups in total. The van der Waals surface area contributed by atoms with E-state index in [1.165, 1.54) is 24.3 Å². The molecule has 0 aliphatic rings. The summed E-state index contributed by atoms with van der Waals surface area (Å²) in [6, 6.07) is 14.3. The van der Waals surface area contributed by atoms with Crippen LogP contribution in [0.15, 0.2) is 75.9 Å². The van der Waals surface area contributed by atoms with E-state index in [-0.39, 0.29) is 32.7 Å². The highest BCUT2D eigenvalue weighted by Crippen LogP contribution is 2.31. The number of hydrogen-bond donors (Lipinski definition) is 3. The first-order chi connectivity index (χ1) is 17.5. The lowest BCUT2D eigenvalue weighted by Crippen LogP contribution is -2.32. The van der Waals surface area contributed by atoms with Crippen molar-refractivity contribution in [3.05, 3.63) is 103 Å². The van der Waals surface area contributed by atoms with E-state index in [1.807, 2.05) is 31.1 Å². The predicted octanol–water partition coefficient (Wildman–Crippen LogP) is 4.19. The van der Waals surface area contributed by atoms with Gasteiger partial charge in [-0.25, -0.2) is 9.82 Å². The molecule has 190 valence electrons. The lowest BCUT2D eigenvalue weighted by atomic mass is 10.1. The number of rotatable bonds is 8. The van der Waals surface area contributed by atoms with Gasteiger partial charge in [-0.05, 0) is 57.9 Å². The van der Waals surface area contributed by atoms with Crippen molar-refractivity contribution in [2.75, 3.05) is 19.0 Å². The van der Waals surface area contributed by atoms with Crippen LogP contribution >= 0.6 is 15.9 Å². The fourth-order valence-electron chi connectivity index (χ4n) is 3.05. The summed E-state index contributed by atoms with van der Waals surface area (Å²) in [5.74, 6) is -2.49. The van der Waals surface area contributed by atoms with Crippen LogP contribution in [0.5, 0.6) is 5.75 Å². The van der Waals surface area contributed by atoms with Gasteiger partial charge in [-0.2, -0.15) is 5.10 Å². The number of nitrogens with zero attached hydrogens (tertiary/aromatic N) is 3. The summed E-state index contributed by atoms with van der Waals surface area (Å²) in [6.45, 7) is 0. The number of nitro groups is 1. The average molecular weight is 570 g/mol. The molecule has 3 aromatic carbocycles. The van der Waals surface area contributed by atoms with Crippen molar-refractivity contribution in [2.24, 2.45) is 5.10 Å². The number of phenolic OH excluding ortho intramolecular Hbond substituents is 1. The number of anilines is 1. The Hall–Kier alpha value is -4.58. The van der Waals surface area contributed by atoms with E-state index in [0.29, 0.717) is 5.56 Å². The van der Waals surface area contributed by atoms with E-state index in [0.717, 1.165) is 30.1 Å². The van der Waals surface area contributed by atoms with Crippen molar-refractivity contribution in [2.45, 2.75) is 0 Å². The maximum atomic E-state index is 13.6. The largest absolute Gasteiger partial charge is 0.506 e. The highest BCUT2D eigenvalue weighted by atomic mass is 79.9. The van der Waals surface area contributed by atoms with Crippen LogP contribution in [0.3, 0.4) is 0 Å². The molecule has 0 aliphatic heterocycles. The third-order valence-electron chi connectivity index (χ3n) is 4.96. The zero-order chi connectivity index (χ0) is 27.1. The van der Waals surface area contributed by atoms with Gasteiger partial charge in [-0.1, -0.05) is 18.2 Å². The quantitative estimate of drug-likeness (QED) is 0.161. The lowest BCUT2D eigenvalue weighted by molar-refractivity contribution is -0.385. The molecule has 0 bridgehead atoms. The molecule has 0 saturated carbocycles. The molecule has 37 heavy (non-hydrogen) atoms. The van der Waals surface area contributed by atoms with E-state index in [2.05, 4.69) is 31.8 Å². The SMILES string of the molecule is CN(C)c1ccc(C=C(NC(=O)c2cccc(F)c2)C(=O)NN=Cc2cc([N+](=O)[O-])cc(Br)c2O)cc1. The zero-order valence-electron chi connectivity index (χ0n) is 19.6. The second kappa shape index (κ2) is 11.9. The maximum absolute atomic E-state index is 13.6. The summed E-state index contributed by atoms with van der Waals surface area (Å²) in [4.78, 5) is 37.9. The molecule has 3 aromatic rings. The number of non-ortho nitro benzene ring substituents is 1. The van der Waals surface area contributed by atoms with E-state index in [4.69, 9.17) is 0 Å². The molecular formula is C25H21BrFN5O5. The number of carbonyl (C=O) groups excluding carboxylic acids is 2. The minimum atomic E-state index is -0.832. The Labute approximate surface area is 219 Å². The molecule has 0 radical (unpaired) electrons. The number of hydrazone groups is 1. The number of amides is 2. The molecule has 2 amide bonds. The van der Waals surface area contributed by atoms with Gasteiger partial charge in [0.05, 0.1) is 15.6 Å². The van der Waals surface area contributed by atoms with Gasteiger partial charge in [0.25, 0.3) is 17.5 Å². The fraction of sp³-hybridized carbons (Fsp3) is 0.0800. The van der Waals surface area contributed by atoms with Gasteiger partial charge in [-0.3, -0.25) is 19.7 Å². The van der Waals surface area contributed by atoms with Crippen molar-refractivity contribution in [1.29, 1.82) is 0 Å². The Morgan fingerprint density at radius 3 is 2.46 bits per heavy atom. The van der Waals surface area contributed by atoms with Crippen molar-refractivity contribution in [1.82, 2.24) is 10.7 Å². The summed E-state index contributed by atoms with van der Waals surface area (Å²) in [5.41, 5.74) is 3.17. The Morgan fingerprint density at radius 2 is 1.84 bits per heavy atom. The van der Waals surface area contributed by atoms with Crippen molar-refractivity contribution >= 4 is 51.4 Å². The molecule has 10 nitrogen and oxygen atoms in total. The second-order valence-electron chi connectivity index (χ2n) is 7.83. The summed E-state index contributed by atoms with van der Waals surface area (Å²) >= 11 is 3.02. The van der Waals surface area contributed by atoms with Gasteiger partial charge in [-0.15, -0.1) is 0 Å². The standard InChI is InChI=1S/C25H21BrFN5O5/c1-31(2)19-8-6-15(7-9-19)10-22(29-24(34)16-4-3-5-18(27)11-16)25(35)30-28-14-17-12-20(32(36)37)13-21(26)23(17)33/h3-14,33H,1-2H3,(H,29,34)(H,30,35). The molecule has 12 heteroatoms. The van der Waals surface area contributed by atoms with E-state index in [1.54, 1.807) is 12.1 Å². The normalized spacial score (nSPS) is 11.3. The van der Waals surface area contributed by atoms with Crippen LogP contribution < -0.4 is 15.6 Å². The van der Waals surface area contributed by atoms with Crippen LogP contribution in [0.4, 0.5) is 15.8 Å². The van der Waals surface area contributed by atoms with Crippen molar-refractivity contribution in [3.8, 4) is 5.75 Å². The summed E-state index contributed by atoms with van der Waals surface area (Å²) in [6.07, 6.45) is 2.42. The van der Waals surface area contributed by atoms with E-state index in [9.17, 15) is 29.2 Å². The molecular weight excluding hydrogens is 549 g/mol. The van der Waals surface area contributed by atoms with Crippen LogP contribution in [-0.2, 0) is 4.79 Å². The second-order valence-corrected chi connectivity index (χ2v) is 8.68. The van der Waals surface area contributed by atoms with Gasteiger partial charge < -0.3 is 15.3 Å². The minimum absolute atomic E-state index is 0.00322. The summed E-state index contributed by atoms with van der Waals surface area (Å²) < 4.78 is 13.6. The number of nitro benzene ring substituents is 1. The molecule has 0 atom stereocenters. The van der Waals surface area contributed by atoms with Gasteiger partial charge in [0.2, 0.25) is 0 Å². The first-order valence-electron chi connectivity index (χ1n) is 10.6. The van der Waals surface area contributed by atoms with Gasteiger partial charge in [0.1, 0.15) is 17.3 Å². The maximum Gasteiger partial charge on any atom is 0.287 e. The lowest BCUT2D eigenvalue weighted by Gasteiger charge is -2.13. The number of nitrogens with one attached hydrogen (secondary N) is 2. The van der Waals surface area contributed by atoms with Gasteiger partial charge in [0, 0.05) is 43.0 Å². The smallest absolute Gasteiger partial charge is 0.287 e. The number of phenols is 1. The number of carbonyl (C=O) groups is 2. The Bertz CT molecular complexity index is 1410. The van der Waals surface area contributed by atoms with E-state index >= 15 is 0 Å². The molecule has 0 aromatic heterocycles. The van der Waals surface area contributed by atoms with Crippen LogP contribution in [0.25, 0.3) is 6.08 Å². The Kier molecular flexibility index (Phi) is 8.69. The zero-order valence-corrected chi connectivity index (χ0v) is 21.2. The molecule has 0 unspecified atom stereocenters. The first-order valence-corrected chi connectivity index (χ1v) is 11.4. The number of benzene rings is 3. The molecule has 3 rings (SSSR count). The van der Waals surface area contributed by atoms with Crippen LogP contribution in [0.1, 0.15) is 21.5 Å². The molecule has 0 aliphatic carbocycles.